The highest BCUT2D eigenvalue weighted by Crippen LogP contribution is 2.21. The van der Waals surface area contributed by atoms with Crippen LogP contribution in [0.4, 0.5) is 5.69 Å². The van der Waals surface area contributed by atoms with Crippen LogP contribution >= 0.6 is 15.9 Å². The molecule has 0 aliphatic rings. The number of pyridine rings is 1. The van der Waals surface area contributed by atoms with E-state index in [0.717, 1.165) is 16.9 Å². The Morgan fingerprint density at radius 2 is 2.11 bits per heavy atom. The molecule has 0 aliphatic carbocycles. The van der Waals surface area contributed by atoms with Crippen LogP contribution in [-0.4, -0.2) is 11.7 Å². The molecule has 19 heavy (non-hydrogen) atoms. The fraction of sp³-hybridized carbons (Fsp3) is 0.214. The van der Waals surface area contributed by atoms with Crippen LogP contribution in [0.1, 0.15) is 11.1 Å². The first-order valence-corrected chi connectivity index (χ1v) is 6.59. The maximum Gasteiger partial charge on any atom is 0.218 e. The third-order valence-electron chi connectivity index (χ3n) is 2.85. The molecule has 2 N–H and O–H groups in total. The minimum absolute atomic E-state index is 0.188. The molecule has 0 saturated heterocycles. The summed E-state index contributed by atoms with van der Waals surface area (Å²) in [6.45, 7) is 2.62. The third-order valence-corrected chi connectivity index (χ3v) is 3.42. The number of hydrogen-bond donors (Lipinski definition) is 1. The largest absolute Gasteiger partial charge is 0.496 e. The SMILES string of the molecule is COc1ccc(C)cc1Cn1cc(N)c(=O)c(Br)c1. The van der Waals surface area contributed by atoms with Gasteiger partial charge in [-0.3, -0.25) is 4.79 Å². The number of aryl methyl sites for hydroxylation is 1. The lowest BCUT2D eigenvalue weighted by atomic mass is 10.1. The fourth-order valence-electron chi connectivity index (χ4n) is 1.94. The number of nitrogen functional groups attached to an aromatic ring is 1. The minimum Gasteiger partial charge on any atom is -0.496 e. The summed E-state index contributed by atoms with van der Waals surface area (Å²) < 4.78 is 7.66. The van der Waals surface area contributed by atoms with Gasteiger partial charge >= 0.3 is 0 Å². The highest BCUT2D eigenvalue weighted by molar-refractivity contribution is 9.10. The van der Waals surface area contributed by atoms with Crippen LogP contribution in [-0.2, 0) is 6.54 Å². The van der Waals surface area contributed by atoms with Crippen molar-refractivity contribution >= 4 is 21.6 Å². The Morgan fingerprint density at radius 3 is 2.74 bits per heavy atom. The van der Waals surface area contributed by atoms with Gasteiger partial charge < -0.3 is 15.0 Å². The molecule has 0 bridgehead atoms. The predicted octanol–water partition coefficient (Wildman–Crippen LogP) is 2.56. The quantitative estimate of drug-likeness (QED) is 0.944. The van der Waals surface area contributed by atoms with Gasteiger partial charge in [-0.25, -0.2) is 0 Å². The van der Waals surface area contributed by atoms with E-state index < -0.39 is 0 Å². The zero-order valence-corrected chi connectivity index (χ0v) is 12.4. The summed E-state index contributed by atoms with van der Waals surface area (Å²) in [6, 6.07) is 5.99. The molecule has 4 nitrogen and oxygen atoms in total. The average Bonchev–Trinajstić information content (AvgIpc) is 2.36. The van der Waals surface area contributed by atoms with Crippen molar-refractivity contribution in [3.63, 3.8) is 0 Å². The zero-order chi connectivity index (χ0) is 14.0. The molecule has 2 aromatic rings. The molecule has 5 heteroatoms. The molecule has 1 aromatic heterocycles. The molecule has 0 saturated carbocycles. The fourth-order valence-corrected chi connectivity index (χ4v) is 2.43. The van der Waals surface area contributed by atoms with E-state index in [4.69, 9.17) is 10.5 Å². The lowest BCUT2D eigenvalue weighted by molar-refractivity contribution is 0.408. The van der Waals surface area contributed by atoms with E-state index in [2.05, 4.69) is 22.0 Å². The molecular formula is C14H15BrN2O2. The zero-order valence-electron chi connectivity index (χ0n) is 10.8. The molecule has 0 radical (unpaired) electrons. The predicted molar refractivity (Wildman–Crippen MR) is 79.6 cm³/mol. The minimum atomic E-state index is -0.188. The Bertz CT molecular complexity index is 639. The van der Waals surface area contributed by atoms with Gasteiger partial charge in [0.05, 0.1) is 23.8 Å². The van der Waals surface area contributed by atoms with Crippen molar-refractivity contribution in [2.24, 2.45) is 0 Å². The highest BCUT2D eigenvalue weighted by Gasteiger charge is 2.06. The first kappa shape index (κ1) is 13.7. The third kappa shape index (κ3) is 2.98. The van der Waals surface area contributed by atoms with Crippen LogP contribution in [0, 0.1) is 6.92 Å². The Morgan fingerprint density at radius 1 is 1.37 bits per heavy atom. The van der Waals surface area contributed by atoms with Crippen LogP contribution in [0.2, 0.25) is 0 Å². The molecule has 100 valence electrons. The van der Waals surface area contributed by atoms with Gasteiger partial charge in [-0.05, 0) is 28.9 Å². The lowest BCUT2D eigenvalue weighted by Crippen LogP contribution is -2.13. The number of halogens is 1. The van der Waals surface area contributed by atoms with E-state index in [1.54, 1.807) is 19.5 Å². The second-order valence-electron chi connectivity index (χ2n) is 4.38. The summed E-state index contributed by atoms with van der Waals surface area (Å²) >= 11 is 3.22. The van der Waals surface area contributed by atoms with E-state index in [9.17, 15) is 4.79 Å². The van der Waals surface area contributed by atoms with Crippen molar-refractivity contribution in [1.29, 1.82) is 0 Å². The van der Waals surface area contributed by atoms with Gasteiger partial charge in [0.25, 0.3) is 0 Å². The van der Waals surface area contributed by atoms with Gasteiger partial charge in [0, 0.05) is 18.0 Å². The standard InChI is InChI=1S/C14H15BrN2O2/c1-9-3-4-13(19-2)10(5-9)6-17-7-11(15)14(18)12(16)8-17/h3-5,7-8H,6,16H2,1-2H3. The van der Waals surface area contributed by atoms with Crippen LogP contribution in [0.3, 0.4) is 0 Å². The topological polar surface area (TPSA) is 57.2 Å². The molecule has 1 aromatic carbocycles. The number of ether oxygens (including phenoxy) is 1. The summed E-state index contributed by atoms with van der Waals surface area (Å²) in [4.78, 5) is 11.5. The smallest absolute Gasteiger partial charge is 0.218 e. The van der Waals surface area contributed by atoms with Crippen molar-refractivity contribution < 1.29 is 4.74 Å². The van der Waals surface area contributed by atoms with Crippen molar-refractivity contribution in [3.05, 3.63) is 56.4 Å². The van der Waals surface area contributed by atoms with Crippen LogP contribution < -0.4 is 15.9 Å². The molecule has 0 atom stereocenters. The molecular weight excluding hydrogens is 308 g/mol. The van der Waals surface area contributed by atoms with Gasteiger partial charge in [-0.1, -0.05) is 17.7 Å². The number of nitrogens with zero attached hydrogens (tertiary/aromatic N) is 1. The first-order valence-electron chi connectivity index (χ1n) is 5.80. The van der Waals surface area contributed by atoms with Crippen molar-refractivity contribution in [1.82, 2.24) is 4.57 Å². The van der Waals surface area contributed by atoms with Crippen LogP contribution in [0.5, 0.6) is 5.75 Å². The number of benzene rings is 1. The van der Waals surface area contributed by atoms with Crippen LogP contribution in [0.15, 0.2) is 39.9 Å². The number of methoxy groups -OCH3 is 1. The molecule has 1 heterocycles. The summed E-state index contributed by atoms with van der Waals surface area (Å²) in [5.74, 6) is 0.819. The summed E-state index contributed by atoms with van der Waals surface area (Å²) in [7, 11) is 1.64. The van der Waals surface area contributed by atoms with Gasteiger partial charge in [0.2, 0.25) is 5.43 Å². The molecule has 0 aliphatic heterocycles. The number of hydrogen-bond acceptors (Lipinski definition) is 3. The Hall–Kier alpha value is -1.75. The summed E-state index contributed by atoms with van der Waals surface area (Å²) in [5, 5.41) is 0. The monoisotopic (exact) mass is 322 g/mol. The van der Waals surface area contributed by atoms with E-state index >= 15 is 0 Å². The summed E-state index contributed by atoms with van der Waals surface area (Å²) in [5.41, 5.74) is 7.91. The van der Waals surface area contributed by atoms with Gasteiger partial charge in [0.1, 0.15) is 5.75 Å². The normalized spacial score (nSPS) is 10.5. The molecule has 0 amide bonds. The number of aromatic nitrogens is 1. The van der Waals surface area contributed by atoms with Crippen molar-refractivity contribution in [3.8, 4) is 5.75 Å². The van der Waals surface area contributed by atoms with Crippen LogP contribution in [0.25, 0.3) is 0 Å². The Kier molecular flexibility index (Phi) is 3.95. The lowest BCUT2D eigenvalue weighted by Gasteiger charge is -2.12. The maximum absolute atomic E-state index is 11.5. The molecule has 0 unspecified atom stereocenters. The first-order chi connectivity index (χ1) is 9.01. The maximum atomic E-state index is 11.5. The Labute approximate surface area is 119 Å². The summed E-state index contributed by atoms with van der Waals surface area (Å²) in [6.07, 6.45) is 3.36. The number of nitrogens with two attached hydrogens (primary N) is 1. The molecule has 0 fully saturated rings. The Balaban J connectivity index is 2.41. The van der Waals surface area contributed by atoms with Crippen molar-refractivity contribution in [2.75, 3.05) is 12.8 Å². The van der Waals surface area contributed by atoms with Gasteiger partial charge in [-0.2, -0.15) is 0 Å². The van der Waals surface area contributed by atoms with Crippen molar-refractivity contribution in [2.45, 2.75) is 13.5 Å². The van der Waals surface area contributed by atoms with Gasteiger partial charge in [-0.15, -0.1) is 0 Å². The van der Waals surface area contributed by atoms with E-state index in [1.807, 2.05) is 23.6 Å². The number of rotatable bonds is 3. The average molecular weight is 323 g/mol. The van der Waals surface area contributed by atoms with E-state index in [-0.39, 0.29) is 11.1 Å². The van der Waals surface area contributed by atoms with Gasteiger partial charge in [0.15, 0.2) is 0 Å². The molecule has 2 rings (SSSR count). The van der Waals surface area contributed by atoms with E-state index in [1.165, 1.54) is 0 Å². The second kappa shape index (κ2) is 5.48. The number of anilines is 1. The highest BCUT2D eigenvalue weighted by atomic mass is 79.9. The second-order valence-corrected chi connectivity index (χ2v) is 5.23. The molecule has 0 spiro atoms. The van der Waals surface area contributed by atoms with E-state index in [0.29, 0.717) is 11.0 Å².